The summed E-state index contributed by atoms with van der Waals surface area (Å²) in [7, 11) is -1.50. The zero-order valence-corrected chi connectivity index (χ0v) is 14.4. The van der Waals surface area contributed by atoms with Crippen LogP contribution in [0.2, 0.25) is 0 Å². The molecule has 3 rings (SSSR count). The minimum atomic E-state index is -3.40. The third-order valence-electron chi connectivity index (χ3n) is 4.29. The molecule has 3 heterocycles. The highest BCUT2D eigenvalue weighted by atomic mass is 35.5. The van der Waals surface area contributed by atoms with Crippen LogP contribution in [0.5, 0.6) is 0 Å². The molecule has 7 nitrogen and oxygen atoms in total. The van der Waals surface area contributed by atoms with Crippen molar-refractivity contribution in [3.63, 3.8) is 0 Å². The molecule has 0 bridgehead atoms. The molecule has 0 aromatic carbocycles. The van der Waals surface area contributed by atoms with Crippen LogP contribution < -0.4 is 5.32 Å². The Balaban J connectivity index is 0.00000176. The fourth-order valence-electron chi connectivity index (χ4n) is 3.12. The van der Waals surface area contributed by atoms with Crippen molar-refractivity contribution in [3.8, 4) is 0 Å². The number of aryl methyl sites for hydroxylation is 1. The Morgan fingerprint density at radius 1 is 1.23 bits per heavy atom. The van der Waals surface area contributed by atoms with Gasteiger partial charge in [-0.1, -0.05) is 6.42 Å². The predicted molar refractivity (Wildman–Crippen MR) is 87.1 cm³/mol. The molecule has 126 valence electrons. The van der Waals surface area contributed by atoms with Crippen molar-refractivity contribution < 1.29 is 8.42 Å². The van der Waals surface area contributed by atoms with Gasteiger partial charge in [0, 0.05) is 52.2 Å². The van der Waals surface area contributed by atoms with Crippen molar-refractivity contribution in [1.82, 2.24) is 23.5 Å². The van der Waals surface area contributed by atoms with Gasteiger partial charge in [0.05, 0.1) is 6.04 Å². The van der Waals surface area contributed by atoms with E-state index >= 15 is 0 Å². The summed E-state index contributed by atoms with van der Waals surface area (Å²) in [5.74, 6) is 0.794. The zero-order valence-electron chi connectivity index (χ0n) is 12.8. The second-order valence-corrected chi connectivity index (χ2v) is 7.58. The van der Waals surface area contributed by atoms with E-state index in [9.17, 15) is 8.42 Å². The van der Waals surface area contributed by atoms with Crippen molar-refractivity contribution in [2.24, 2.45) is 7.05 Å². The maximum absolute atomic E-state index is 12.9. The van der Waals surface area contributed by atoms with Gasteiger partial charge in [0.1, 0.15) is 5.82 Å². The molecule has 1 unspecified atom stereocenters. The fourth-order valence-corrected chi connectivity index (χ4v) is 4.95. The molecular weight excluding hydrogens is 326 g/mol. The summed E-state index contributed by atoms with van der Waals surface area (Å²) in [6.07, 6.45) is 6.61. The van der Waals surface area contributed by atoms with Gasteiger partial charge in [0.15, 0.2) is 0 Å². The molecule has 0 saturated carbocycles. The van der Waals surface area contributed by atoms with E-state index in [4.69, 9.17) is 0 Å². The van der Waals surface area contributed by atoms with Gasteiger partial charge in [-0.2, -0.15) is 17.0 Å². The van der Waals surface area contributed by atoms with E-state index in [-0.39, 0.29) is 18.4 Å². The third-order valence-corrected chi connectivity index (χ3v) is 6.34. The van der Waals surface area contributed by atoms with Crippen LogP contribution in [0.4, 0.5) is 0 Å². The van der Waals surface area contributed by atoms with Gasteiger partial charge < -0.3 is 9.88 Å². The monoisotopic (exact) mass is 349 g/mol. The van der Waals surface area contributed by atoms with Crippen LogP contribution >= 0.6 is 12.4 Å². The largest absolute Gasteiger partial charge is 0.337 e. The topological polar surface area (TPSA) is 70.5 Å². The minimum absolute atomic E-state index is 0. The van der Waals surface area contributed by atoms with E-state index in [0.717, 1.165) is 25.1 Å². The molecule has 2 fully saturated rings. The standard InChI is InChI=1S/C13H23N5O2S.ClH/c1-16-9-6-15-13(16)12-11-14-5-10-18(12)21(19,20)17-7-3-2-4-8-17;/h6,9,12,14H,2-5,7-8,10-11H2,1H3;1H. The van der Waals surface area contributed by atoms with Crippen molar-refractivity contribution >= 4 is 22.6 Å². The normalized spacial score (nSPS) is 24.9. The molecule has 1 atom stereocenters. The van der Waals surface area contributed by atoms with Crippen LogP contribution in [-0.4, -0.2) is 59.3 Å². The summed E-state index contributed by atoms with van der Waals surface area (Å²) in [6, 6.07) is -0.231. The molecule has 0 spiro atoms. The minimum Gasteiger partial charge on any atom is -0.337 e. The van der Waals surface area contributed by atoms with E-state index in [1.165, 1.54) is 0 Å². The van der Waals surface area contributed by atoms with E-state index in [0.29, 0.717) is 32.7 Å². The van der Waals surface area contributed by atoms with E-state index < -0.39 is 10.2 Å². The molecule has 1 aromatic heterocycles. The van der Waals surface area contributed by atoms with E-state index in [2.05, 4.69) is 10.3 Å². The summed E-state index contributed by atoms with van der Waals surface area (Å²) in [5.41, 5.74) is 0. The molecular formula is C13H24ClN5O2S. The lowest BCUT2D eigenvalue weighted by Gasteiger charge is -2.38. The maximum atomic E-state index is 12.9. The molecule has 1 N–H and O–H groups in total. The summed E-state index contributed by atoms with van der Waals surface area (Å²) < 4.78 is 31.0. The Kier molecular flexibility index (Phi) is 5.84. The molecule has 2 aliphatic heterocycles. The molecule has 2 saturated heterocycles. The summed E-state index contributed by atoms with van der Waals surface area (Å²) in [6.45, 7) is 3.07. The Morgan fingerprint density at radius 3 is 2.59 bits per heavy atom. The Morgan fingerprint density at radius 2 is 1.95 bits per heavy atom. The van der Waals surface area contributed by atoms with Gasteiger partial charge in [-0.25, -0.2) is 4.98 Å². The van der Waals surface area contributed by atoms with E-state index in [1.807, 2.05) is 17.8 Å². The smallest absolute Gasteiger partial charge is 0.282 e. The number of piperazine rings is 1. The van der Waals surface area contributed by atoms with Crippen molar-refractivity contribution in [3.05, 3.63) is 18.2 Å². The molecule has 1 aromatic rings. The number of halogens is 1. The van der Waals surface area contributed by atoms with Gasteiger partial charge in [0.25, 0.3) is 10.2 Å². The van der Waals surface area contributed by atoms with Crippen LogP contribution in [-0.2, 0) is 17.3 Å². The second kappa shape index (κ2) is 7.27. The van der Waals surface area contributed by atoms with Crippen LogP contribution in [0.25, 0.3) is 0 Å². The highest BCUT2D eigenvalue weighted by molar-refractivity contribution is 7.86. The van der Waals surface area contributed by atoms with Gasteiger partial charge >= 0.3 is 0 Å². The number of nitrogens with zero attached hydrogens (tertiary/aromatic N) is 4. The molecule has 2 aliphatic rings. The lowest BCUT2D eigenvalue weighted by Crippen LogP contribution is -2.54. The number of aromatic nitrogens is 2. The van der Waals surface area contributed by atoms with Crippen LogP contribution in [0.15, 0.2) is 12.4 Å². The zero-order chi connectivity index (χ0) is 14.9. The number of piperidine rings is 1. The van der Waals surface area contributed by atoms with Gasteiger partial charge in [-0.3, -0.25) is 0 Å². The van der Waals surface area contributed by atoms with Crippen LogP contribution in [0, 0.1) is 0 Å². The highest BCUT2D eigenvalue weighted by Crippen LogP contribution is 2.27. The highest BCUT2D eigenvalue weighted by Gasteiger charge is 2.39. The SMILES string of the molecule is Cl.Cn1ccnc1C1CNCCN1S(=O)(=O)N1CCCCC1. The third kappa shape index (κ3) is 3.30. The average Bonchev–Trinajstić information content (AvgIpc) is 2.94. The Bertz CT molecular complexity index is 585. The number of nitrogens with one attached hydrogen (secondary N) is 1. The van der Waals surface area contributed by atoms with Gasteiger partial charge in [0.2, 0.25) is 0 Å². The molecule has 0 aliphatic carbocycles. The molecule has 0 amide bonds. The number of hydrogen-bond acceptors (Lipinski definition) is 4. The van der Waals surface area contributed by atoms with Gasteiger partial charge in [-0.15, -0.1) is 12.4 Å². The molecule has 22 heavy (non-hydrogen) atoms. The van der Waals surface area contributed by atoms with E-state index in [1.54, 1.807) is 14.8 Å². The first-order valence-corrected chi connectivity index (χ1v) is 8.95. The van der Waals surface area contributed by atoms with Crippen molar-refractivity contribution in [2.45, 2.75) is 25.3 Å². The van der Waals surface area contributed by atoms with Crippen molar-refractivity contribution in [2.75, 3.05) is 32.7 Å². The van der Waals surface area contributed by atoms with Crippen molar-refractivity contribution in [1.29, 1.82) is 0 Å². The second-order valence-electron chi connectivity index (χ2n) is 5.69. The molecule has 0 radical (unpaired) electrons. The number of imidazole rings is 1. The fraction of sp³-hybridized carbons (Fsp3) is 0.769. The number of hydrogen-bond donors (Lipinski definition) is 1. The summed E-state index contributed by atoms with van der Waals surface area (Å²) >= 11 is 0. The summed E-state index contributed by atoms with van der Waals surface area (Å²) in [4.78, 5) is 4.35. The molecule has 9 heteroatoms. The number of rotatable bonds is 3. The lowest BCUT2D eigenvalue weighted by molar-refractivity contribution is 0.228. The lowest BCUT2D eigenvalue weighted by atomic mass is 10.2. The maximum Gasteiger partial charge on any atom is 0.282 e. The van der Waals surface area contributed by atoms with Gasteiger partial charge in [-0.05, 0) is 12.8 Å². The Labute approximate surface area is 138 Å². The first-order valence-electron chi connectivity index (χ1n) is 7.55. The predicted octanol–water partition coefficient (Wildman–Crippen LogP) is 0.519. The van der Waals surface area contributed by atoms with Crippen LogP contribution in [0.1, 0.15) is 31.1 Å². The summed E-state index contributed by atoms with van der Waals surface area (Å²) in [5, 5.41) is 3.28. The Hall–Kier alpha value is -0.670. The quantitative estimate of drug-likeness (QED) is 0.863. The van der Waals surface area contributed by atoms with Crippen LogP contribution in [0.3, 0.4) is 0 Å². The first-order chi connectivity index (χ1) is 10.1. The first kappa shape index (κ1) is 17.7. The average molecular weight is 350 g/mol.